The monoisotopic (exact) mass is 343 g/mol. The van der Waals surface area contributed by atoms with Crippen LogP contribution in [0.4, 0.5) is 0 Å². The van der Waals surface area contributed by atoms with Crippen LogP contribution >= 0.6 is 23.1 Å². The number of thioether (sulfide) groups is 1. The second kappa shape index (κ2) is 6.02. The number of aromatic nitrogens is 2. The quantitative estimate of drug-likeness (QED) is 0.793. The molecule has 0 aromatic carbocycles. The van der Waals surface area contributed by atoms with Crippen molar-refractivity contribution in [2.24, 2.45) is 0 Å². The molecule has 1 N–H and O–H groups in total. The summed E-state index contributed by atoms with van der Waals surface area (Å²) >= 11 is 3.49. The SMILES string of the molecule is Cc1ccn2cc(CNC(=O)C3SCCc4sccc43)nc2c1. The van der Waals surface area contributed by atoms with Gasteiger partial charge in [-0.1, -0.05) is 0 Å². The highest BCUT2D eigenvalue weighted by molar-refractivity contribution is 8.00. The predicted molar refractivity (Wildman–Crippen MR) is 95.0 cm³/mol. The van der Waals surface area contributed by atoms with Crippen LogP contribution in [-0.4, -0.2) is 21.0 Å². The van der Waals surface area contributed by atoms with Crippen molar-refractivity contribution >= 4 is 34.7 Å². The molecule has 4 rings (SSSR count). The zero-order valence-corrected chi connectivity index (χ0v) is 14.4. The molecular formula is C17H17N3OS2. The van der Waals surface area contributed by atoms with Crippen molar-refractivity contribution in [3.63, 3.8) is 0 Å². The fourth-order valence-corrected chi connectivity index (χ4v) is 5.17. The number of hydrogen-bond donors (Lipinski definition) is 1. The van der Waals surface area contributed by atoms with Gasteiger partial charge in [0.1, 0.15) is 10.9 Å². The van der Waals surface area contributed by atoms with Crippen LogP contribution < -0.4 is 5.32 Å². The molecule has 0 saturated heterocycles. The maximum Gasteiger partial charge on any atom is 0.237 e. The van der Waals surface area contributed by atoms with Crippen LogP contribution in [0, 0.1) is 6.92 Å². The molecule has 0 saturated carbocycles. The lowest BCUT2D eigenvalue weighted by Crippen LogP contribution is -2.29. The van der Waals surface area contributed by atoms with Crippen molar-refractivity contribution in [2.45, 2.75) is 25.1 Å². The van der Waals surface area contributed by atoms with Crippen molar-refractivity contribution < 1.29 is 4.79 Å². The number of thiophene rings is 1. The number of carbonyl (C=O) groups excluding carboxylic acids is 1. The fraction of sp³-hybridized carbons (Fsp3) is 0.294. The molecule has 118 valence electrons. The highest BCUT2D eigenvalue weighted by Gasteiger charge is 2.27. The van der Waals surface area contributed by atoms with E-state index in [1.165, 1.54) is 16.0 Å². The third kappa shape index (κ3) is 2.88. The molecule has 1 aliphatic rings. The van der Waals surface area contributed by atoms with Gasteiger partial charge in [-0.25, -0.2) is 4.98 Å². The predicted octanol–water partition coefficient (Wildman–Crippen LogP) is 3.35. The van der Waals surface area contributed by atoms with Gasteiger partial charge in [0.25, 0.3) is 0 Å². The van der Waals surface area contributed by atoms with Crippen LogP contribution in [0.25, 0.3) is 5.65 Å². The number of carbonyl (C=O) groups is 1. The maximum absolute atomic E-state index is 12.5. The molecule has 0 spiro atoms. The van der Waals surface area contributed by atoms with E-state index in [1.54, 1.807) is 23.1 Å². The smallest absolute Gasteiger partial charge is 0.237 e. The van der Waals surface area contributed by atoms with E-state index in [0.717, 1.165) is 23.5 Å². The Morgan fingerprint density at radius 3 is 3.30 bits per heavy atom. The summed E-state index contributed by atoms with van der Waals surface area (Å²) in [6, 6.07) is 6.18. The van der Waals surface area contributed by atoms with E-state index in [-0.39, 0.29) is 11.2 Å². The van der Waals surface area contributed by atoms with E-state index in [4.69, 9.17) is 0 Å². The zero-order chi connectivity index (χ0) is 15.8. The lowest BCUT2D eigenvalue weighted by molar-refractivity contribution is -0.120. The van der Waals surface area contributed by atoms with Gasteiger partial charge in [-0.2, -0.15) is 0 Å². The fourth-order valence-electron chi connectivity index (χ4n) is 2.86. The number of aryl methyl sites for hydroxylation is 2. The Morgan fingerprint density at radius 2 is 2.39 bits per heavy atom. The molecule has 4 heterocycles. The summed E-state index contributed by atoms with van der Waals surface area (Å²) in [4.78, 5) is 18.5. The van der Waals surface area contributed by atoms with Crippen LogP contribution in [0.15, 0.2) is 36.0 Å². The highest BCUT2D eigenvalue weighted by Crippen LogP contribution is 2.39. The summed E-state index contributed by atoms with van der Waals surface area (Å²) in [7, 11) is 0. The number of fused-ring (bicyclic) bond motifs is 2. The van der Waals surface area contributed by atoms with Crippen LogP contribution in [0.1, 0.15) is 26.9 Å². The first-order chi connectivity index (χ1) is 11.2. The van der Waals surface area contributed by atoms with Crippen molar-refractivity contribution in [1.29, 1.82) is 0 Å². The Kier molecular flexibility index (Phi) is 3.87. The van der Waals surface area contributed by atoms with Gasteiger partial charge >= 0.3 is 0 Å². The number of nitrogens with zero attached hydrogens (tertiary/aromatic N) is 2. The average Bonchev–Trinajstić information content (AvgIpc) is 3.17. The molecule has 4 nitrogen and oxygen atoms in total. The number of pyridine rings is 1. The summed E-state index contributed by atoms with van der Waals surface area (Å²) in [6.07, 6.45) is 5.05. The molecule has 3 aromatic rings. The standard InChI is InChI=1S/C17H17N3OS2/c1-11-2-5-20-10-12(19-15(20)8-11)9-18-17(21)16-13-3-6-22-14(13)4-7-23-16/h2-3,5-6,8,10,16H,4,7,9H2,1H3,(H,18,21). The third-order valence-electron chi connectivity index (χ3n) is 4.02. The number of hydrogen-bond acceptors (Lipinski definition) is 4. The first-order valence-electron chi connectivity index (χ1n) is 7.60. The number of nitrogens with one attached hydrogen (secondary N) is 1. The molecule has 0 bridgehead atoms. The molecular weight excluding hydrogens is 326 g/mol. The van der Waals surface area contributed by atoms with Gasteiger partial charge in [0.2, 0.25) is 5.91 Å². The lowest BCUT2D eigenvalue weighted by atomic mass is 10.1. The van der Waals surface area contributed by atoms with Gasteiger partial charge in [-0.15, -0.1) is 23.1 Å². The summed E-state index contributed by atoms with van der Waals surface area (Å²) in [6.45, 7) is 2.52. The van der Waals surface area contributed by atoms with E-state index in [1.807, 2.05) is 28.9 Å². The first kappa shape index (κ1) is 14.8. The van der Waals surface area contributed by atoms with Crippen LogP contribution in [0.3, 0.4) is 0 Å². The van der Waals surface area contributed by atoms with E-state index in [2.05, 4.69) is 28.7 Å². The Labute approximate surface area is 142 Å². The van der Waals surface area contributed by atoms with Gasteiger partial charge in [0.15, 0.2) is 0 Å². The average molecular weight is 343 g/mol. The van der Waals surface area contributed by atoms with Crippen LogP contribution in [0.2, 0.25) is 0 Å². The van der Waals surface area contributed by atoms with Crippen LogP contribution in [-0.2, 0) is 17.8 Å². The Morgan fingerprint density at radius 1 is 1.48 bits per heavy atom. The molecule has 1 amide bonds. The second-order valence-corrected chi connectivity index (χ2v) is 7.93. The van der Waals surface area contributed by atoms with E-state index < -0.39 is 0 Å². The molecule has 23 heavy (non-hydrogen) atoms. The third-order valence-corrected chi connectivity index (χ3v) is 6.26. The Balaban J connectivity index is 1.47. The lowest BCUT2D eigenvalue weighted by Gasteiger charge is -2.21. The largest absolute Gasteiger partial charge is 0.349 e. The minimum Gasteiger partial charge on any atom is -0.349 e. The van der Waals surface area contributed by atoms with Crippen molar-refractivity contribution in [3.05, 3.63) is 57.7 Å². The second-order valence-electron chi connectivity index (χ2n) is 5.72. The molecule has 1 unspecified atom stereocenters. The minimum atomic E-state index is -0.0794. The molecule has 1 atom stereocenters. The summed E-state index contributed by atoms with van der Waals surface area (Å²) in [5, 5.41) is 5.05. The molecule has 1 aliphatic heterocycles. The van der Waals surface area contributed by atoms with Gasteiger partial charge in [0, 0.05) is 17.3 Å². The molecule has 3 aromatic heterocycles. The Bertz CT molecular complexity index is 868. The Hall–Kier alpha value is -1.79. The molecule has 0 fully saturated rings. The van der Waals surface area contributed by atoms with Gasteiger partial charge in [-0.3, -0.25) is 4.79 Å². The zero-order valence-electron chi connectivity index (χ0n) is 12.8. The molecule has 0 aliphatic carbocycles. The minimum absolute atomic E-state index is 0.0794. The summed E-state index contributed by atoms with van der Waals surface area (Å²) < 4.78 is 1.99. The van der Waals surface area contributed by atoms with Gasteiger partial charge in [0.05, 0.1) is 12.2 Å². The maximum atomic E-state index is 12.5. The summed E-state index contributed by atoms with van der Waals surface area (Å²) in [5.41, 5.74) is 4.17. The van der Waals surface area contributed by atoms with Crippen molar-refractivity contribution in [3.8, 4) is 0 Å². The van der Waals surface area contributed by atoms with E-state index in [0.29, 0.717) is 6.54 Å². The van der Waals surface area contributed by atoms with Crippen LogP contribution in [0.5, 0.6) is 0 Å². The molecule has 0 radical (unpaired) electrons. The van der Waals surface area contributed by atoms with Crippen molar-refractivity contribution in [1.82, 2.24) is 14.7 Å². The number of imidazole rings is 1. The van der Waals surface area contributed by atoms with Crippen molar-refractivity contribution in [2.75, 3.05) is 5.75 Å². The molecule has 6 heteroatoms. The number of amides is 1. The highest BCUT2D eigenvalue weighted by atomic mass is 32.2. The van der Waals surface area contributed by atoms with E-state index in [9.17, 15) is 4.79 Å². The number of rotatable bonds is 3. The topological polar surface area (TPSA) is 46.4 Å². The first-order valence-corrected chi connectivity index (χ1v) is 9.53. The van der Waals surface area contributed by atoms with Gasteiger partial charge < -0.3 is 9.72 Å². The van der Waals surface area contributed by atoms with E-state index >= 15 is 0 Å². The normalized spacial score (nSPS) is 17.2. The summed E-state index contributed by atoms with van der Waals surface area (Å²) in [5.74, 6) is 1.10. The van der Waals surface area contributed by atoms with Gasteiger partial charge in [-0.05, 0) is 53.8 Å².